The van der Waals surface area contributed by atoms with Gasteiger partial charge in [0.15, 0.2) is 0 Å². The SMILES string of the molecule is CC(C)c1ccccc1N1CCC(N)(C(=O)O)CC1. The van der Waals surface area contributed by atoms with Crippen LogP contribution in [0.4, 0.5) is 5.69 Å². The Morgan fingerprint density at radius 3 is 2.42 bits per heavy atom. The Morgan fingerprint density at radius 2 is 1.89 bits per heavy atom. The van der Waals surface area contributed by atoms with E-state index in [0.29, 0.717) is 31.8 Å². The van der Waals surface area contributed by atoms with Crippen LogP contribution in [0.3, 0.4) is 0 Å². The lowest BCUT2D eigenvalue weighted by atomic mass is 9.88. The summed E-state index contributed by atoms with van der Waals surface area (Å²) in [7, 11) is 0. The molecule has 0 amide bonds. The van der Waals surface area contributed by atoms with E-state index in [1.807, 2.05) is 12.1 Å². The molecule has 1 aromatic carbocycles. The molecule has 0 radical (unpaired) electrons. The number of piperidine rings is 1. The number of rotatable bonds is 3. The van der Waals surface area contributed by atoms with E-state index in [4.69, 9.17) is 10.8 Å². The Labute approximate surface area is 114 Å². The quantitative estimate of drug-likeness (QED) is 0.876. The van der Waals surface area contributed by atoms with Crippen LogP contribution in [0, 0.1) is 0 Å². The minimum absolute atomic E-state index is 0.459. The molecule has 19 heavy (non-hydrogen) atoms. The van der Waals surface area contributed by atoms with Crippen molar-refractivity contribution in [2.75, 3.05) is 18.0 Å². The van der Waals surface area contributed by atoms with Gasteiger partial charge >= 0.3 is 5.97 Å². The van der Waals surface area contributed by atoms with Gasteiger partial charge in [0.2, 0.25) is 0 Å². The molecule has 1 aliphatic rings. The van der Waals surface area contributed by atoms with E-state index in [9.17, 15) is 4.79 Å². The fourth-order valence-corrected chi connectivity index (χ4v) is 2.62. The summed E-state index contributed by atoms with van der Waals surface area (Å²) < 4.78 is 0. The summed E-state index contributed by atoms with van der Waals surface area (Å²) in [6, 6.07) is 8.33. The van der Waals surface area contributed by atoms with Gasteiger partial charge in [-0.25, -0.2) is 0 Å². The fourth-order valence-electron chi connectivity index (χ4n) is 2.62. The molecule has 104 valence electrons. The topological polar surface area (TPSA) is 66.6 Å². The zero-order chi connectivity index (χ0) is 14.0. The van der Waals surface area contributed by atoms with Crippen LogP contribution in [-0.4, -0.2) is 29.7 Å². The zero-order valence-electron chi connectivity index (χ0n) is 11.6. The monoisotopic (exact) mass is 262 g/mol. The second-order valence-corrected chi connectivity index (χ2v) is 5.66. The summed E-state index contributed by atoms with van der Waals surface area (Å²) in [6.07, 6.45) is 0.990. The normalized spacial score (nSPS) is 18.6. The lowest BCUT2D eigenvalue weighted by Gasteiger charge is -2.38. The highest BCUT2D eigenvalue weighted by Gasteiger charge is 2.37. The molecule has 3 N–H and O–H groups in total. The first-order chi connectivity index (χ1) is 8.94. The predicted octanol–water partition coefficient (Wildman–Crippen LogP) is 2.19. The van der Waals surface area contributed by atoms with E-state index >= 15 is 0 Å². The molecule has 4 heteroatoms. The molecule has 1 saturated heterocycles. The summed E-state index contributed by atoms with van der Waals surface area (Å²) in [5.74, 6) is -0.426. The Morgan fingerprint density at radius 1 is 1.32 bits per heavy atom. The third kappa shape index (κ3) is 2.73. The number of anilines is 1. The second-order valence-electron chi connectivity index (χ2n) is 5.66. The molecule has 0 saturated carbocycles. The number of carboxylic acid groups (broad SMARTS) is 1. The number of benzene rings is 1. The number of hydrogen-bond donors (Lipinski definition) is 2. The van der Waals surface area contributed by atoms with Gasteiger partial charge in [-0.1, -0.05) is 32.0 Å². The highest BCUT2D eigenvalue weighted by atomic mass is 16.4. The Bertz CT molecular complexity index is 463. The van der Waals surface area contributed by atoms with E-state index in [1.165, 1.54) is 11.3 Å². The van der Waals surface area contributed by atoms with Gasteiger partial charge in [0.05, 0.1) is 0 Å². The van der Waals surface area contributed by atoms with Gasteiger partial charge in [0, 0.05) is 18.8 Å². The van der Waals surface area contributed by atoms with Gasteiger partial charge in [0.1, 0.15) is 5.54 Å². The van der Waals surface area contributed by atoms with Gasteiger partial charge in [-0.05, 0) is 30.4 Å². The number of para-hydroxylation sites is 1. The molecule has 0 aliphatic carbocycles. The van der Waals surface area contributed by atoms with Crippen LogP contribution in [0.25, 0.3) is 0 Å². The zero-order valence-corrected chi connectivity index (χ0v) is 11.6. The van der Waals surface area contributed by atoms with Crippen molar-refractivity contribution in [1.82, 2.24) is 0 Å². The molecule has 1 aromatic rings. The van der Waals surface area contributed by atoms with E-state index in [1.54, 1.807) is 0 Å². The molecule has 0 unspecified atom stereocenters. The minimum Gasteiger partial charge on any atom is -0.480 e. The average Bonchev–Trinajstić information content (AvgIpc) is 2.39. The Kier molecular flexibility index (Phi) is 3.80. The van der Waals surface area contributed by atoms with E-state index in [-0.39, 0.29) is 0 Å². The van der Waals surface area contributed by atoms with Gasteiger partial charge in [-0.2, -0.15) is 0 Å². The van der Waals surface area contributed by atoms with Crippen LogP contribution in [0.15, 0.2) is 24.3 Å². The van der Waals surface area contributed by atoms with Crippen molar-refractivity contribution in [3.05, 3.63) is 29.8 Å². The maximum absolute atomic E-state index is 11.2. The number of nitrogens with zero attached hydrogens (tertiary/aromatic N) is 1. The largest absolute Gasteiger partial charge is 0.480 e. The number of carboxylic acids is 1. The molecule has 2 rings (SSSR count). The molecule has 0 spiro atoms. The molecule has 4 nitrogen and oxygen atoms in total. The maximum Gasteiger partial charge on any atom is 0.323 e. The van der Waals surface area contributed by atoms with Crippen LogP contribution in [-0.2, 0) is 4.79 Å². The van der Waals surface area contributed by atoms with Gasteiger partial charge in [0.25, 0.3) is 0 Å². The molecule has 0 aromatic heterocycles. The van der Waals surface area contributed by atoms with Crippen LogP contribution in [0.1, 0.15) is 38.2 Å². The highest BCUT2D eigenvalue weighted by Crippen LogP contribution is 2.31. The van der Waals surface area contributed by atoms with E-state index < -0.39 is 11.5 Å². The first kappa shape index (κ1) is 13.9. The first-order valence-electron chi connectivity index (χ1n) is 6.80. The third-order valence-electron chi connectivity index (χ3n) is 3.98. The lowest BCUT2D eigenvalue weighted by molar-refractivity contribution is -0.144. The van der Waals surface area contributed by atoms with Crippen molar-refractivity contribution in [3.8, 4) is 0 Å². The Hall–Kier alpha value is -1.55. The predicted molar refractivity (Wildman–Crippen MR) is 76.5 cm³/mol. The van der Waals surface area contributed by atoms with Crippen molar-refractivity contribution >= 4 is 11.7 Å². The highest BCUT2D eigenvalue weighted by molar-refractivity contribution is 5.79. The van der Waals surface area contributed by atoms with Crippen LogP contribution in [0.5, 0.6) is 0 Å². The smallest absolute Gasteiger partial charge is 0.323 e. The van der Waals surface area contributed by atoms with Crippen molar-refractivity contribution in [1.29, 1.82) is 0 Å². The summed E-state index contributed by atoms with van der Waals surface area (Å²) in [5.41, 5.74) is 7.38. The van der Waals surface area contributed by atoms with E-state index in [0.717, 1.165) is 0 Å². The summed E-state index contributed by atoms with van der Waals surface area (Å²) in [4.78, 5) is 13.4. The average molecular weight is 262 g/mol. The number of hydrogen-bond acceptors (Lipinski definition) is 3. The van der Waals surface area contributed by atoms with Crippen LogP contribution in [0.2, 0.25) is 0 Å². The van der Waals surface area contributed by atoms with E-state index in [2.05, 4.69) is 30.9 Å². The van der Waals surface area contributed by atoms with Crippen LogP contribution >= 0.6 is 0 Å². The first-order valence-corrected chi connectivity index (χ1v) is 6.80. The molecule has 0 bridgehead atoms. The Balaban J connectivity index is 2.16. The van der Waals surface area contributed by atoms with Crippen molar-refractivity contribution in [2.45, 2.75) is 38.1 Å². The maximum atomic E-state index is 11.2. The minimum atomic E-state index is -1.05. The standard InChI is InChI=1S/C15H22N2O2/c1-11(2)12-5-3-4-6-13(12)17-9-7-15(16,8-10-17)14(18)19/h3-6,11H,7-10,16H2,1-2H3,(H,18,19). The number of carbonyl (C=O) groups is 1. The van der Waals surface area contributed by atoms with Crippen molar-refractivity contribution in [3.63, 3.8) is 0 Å². The summed E-state index contributed by atoms with van der Waals surface area (Å²) in [6.45, 7) is 5.75. The molecule has 1 aliphatic heterocycles. The molecule has 1 fully saturated rings. The molecule has 1 heterocycles. The van der Waals surface area contributed by atoms with Gasteiger partial charge < -0.3 is 15.7 Å². The summed E-state index contributed by atoms with van der Waals surface area (Å²) >= 11 is 0. The number of aliphatic carboxylic acids is 1. The molecular formula is C15H22N2O2. The van der Waals surface area contributed by atoms with Crippen LogP contribution < -0.4 is 10.6 Å². The van der Waals surface area contributed by atoms with Crippen molar-refractivity contribution in [2.24, 2.45) is 5.73 Å². The van der Waals surface area contributed by atoms with Crippen molar-refractivity contribution < 1.29 is 9.90 Å². The lowest BCUT2D eigenvalue weighted by Crippen LogP contribution is -2.55. The molecule has 0 atom stereocenters. The molecular weight excluding hydrogens is 240 g/mol. The van der Waals surface area contributed by atoms with Gasteiger partial charge in [-0.15, -0.1) is 0 Å². The van der Waals surface area contributed by atoms with Gasteiger partial charge in [-0.3, -0.25) is 4.79 Å². The third-order valence-corrected chi connectivity index (χ3v) is 3.98. The number of nitrogens with two attached hydrogens (primary N) is 1. The fraction of sp³-hybridized carbons (Fsp3) is 0.533. The second kappa shape index (κ2) is 5.21. The summed E-state index contributed by atoms with van der Waals surface area (Å²) in [5, 5.41) is 9.15.